The minimum atomic E-state index is -0.905. The van der Waals surface area contributed by atoms with E-state index in [-0.39, 0.29) is 0 Å². The number of thioether (sulfide) groups is 1. The number of nitrogens with zero attached hydrogens (tertiary/aromatic N) is 1. The lowest BCUT2D eigenvalue weighted by Gasteiger charge is -2.02. The second-order valence-corrected chi connectivity index (χ2v) is 6.03. The van der Waals surface area contributed by atoms with Crippen molar-refractivity contribution in [2.24, 2.45) is 0 Å². The van der Waals surface area contributed by atoms with Crippen LogP contribution in [0.2, 0.25) is 10.3 Å². The summed E-state index contributed by atoms with van der Waals surface area (Å²) in [4.78, 5) is 15.9. The Morgan fingerprint density at radius 3 is 2.83 bits per heavy atom. The molecule has 0 amide bonds. The van der Waals surface area contributed by atoms with E-state index in [0.29, 0.717) is 20.9 Å². The molecule has 2 aromatic rings. The van der Waals surface area contributed by atoms with E-state index in [0.717, 1.165) is 10.5 Å². The lowest BCUT2D eigenvalue weighted by molar-refractivity contribution is 0.0702. The van der Waals surface area contributed by atoms with Crippen molar-refractivity contribution < 1.29 is 9.90 Å². The maximum Gasteiger partial charge on any atom is 0.345 e. The molecule has 2 rings (SSSR count). The monoisotopic (exact) mass is 319 g/mol. The fraction of sp³-hybridized carbons (Fsp3) is 0.0909. The third-order valence-corrected chi connectivity index (χ3v) is 4.70. The minimum Gasteiger partial charge on any atom is -0.477 e. The number of hydrogen-bond acceptors (Lipinski definition) is 4. The predicted octanol–water partition coefficient (Wildman–Crippen LogP) is 4.44. The number of hydrogen-bond donors (Lipinski definition) is 1. The van der Waals surface area contributed by atoms with Gasteiger partial charge in [0.15, 0.2) is 0 Å². The van der Waals surface area contributed by atoms with Crippen LogP contribution in [0.15, 0.2) is 28.5 Å². The molecule has 7 heteroatoms. The second-order valence-electron chi connectivity index (χ2n) is 3.32. The third-order valence-electron chi connectivity index (χ3n) is 2.07. The number of carboxylic acids is 1. The Balaban J connectivity index is 2.04. The number of aromatic nitrogens is 1. The van der Waals surface area contributed by atoms with Crippen LogP contribution in [-0.4, -0.2) is 16.1 Å². The highest BCUT2D eigenvalue weighted by Crippen LogP contribution is 2.30. The molecule has 3 nitrogen and oxygen atoms in total. The van der Waals surface area contributed by atoms with Crippen LogP contribution in [0.3, 0.4) is 0 Å². The molecule has 0 saturated carbocycles. The number of halogens is 2. The first-order valence-electron chi connectivity index (χ1n) is 4.82. The Kier molecular flexibility index (Phi) is 4.50. The summed E-state index contributed by atoms with van der Waals surface area (Å²) < 4.78 is 0. The van der Waals surface area contributed by atoms with Gasteiger partial charge >= 0.3 is 5.97 Å². The molecular weight excluding hydrogens is 313 g/mol. The number of rotatable bonds is 4. The van der Waals surface area contributed by atoms with E-state index in [1.807, 2.05) is 11.4 Å². The molecule has 0 bridgehead atoms. The van der Waals surface area contributed by atoms with Gasteiger partial charge in [-0.05, 0) is 17.7 Å². The van der Waals surface area contributed by atoms with Gasteiger partial charge in [-0.1, -0.05) is 29.3 Å². The zero-order valence-electron chi connectivity index (χ0n) is 8.89. The lowest BCUT2D eigenvalue weighted by Crippen LogP contribution is -1.90. The van der Waals surface area contributed by atoms with Gasteiger partial charge in [0.25, 0.3) is 0 Å². The average Bonchev–Trinajstić information content (AvgIpc) is 2.76. The van der Waals surface area contributed by atoms with Crippen molar-refractivity contribution in [1.82, 2.24) is 4.98 Å². The van der Waals surface area contributed by atoms with Crippen molar-refractivity contribution in [3.8, 4) is 0 Å². The first kappa shape index (κ1) is 13.7. The Bertz CT molecular complexity index is 586. The number of carbonyl (C=O) groups is 1. The molecule has 0 aliphatic rings. The topological polar surface area (TPSA) is 50.2 Å². The van der Waals surface area contributed by atoms with Crippen molar-refractivity contribution in [1.29, 1.82) is 0 Å². The highest BCUT2D eigenvalue weighted by atomic mass is 35.5. The summed E-state index contributed by atoms with van der Waals surface area (Å²) in [5.41, 5.74) is 0.870. The highest BCUT2D eigenvalue weighted by molar-refractivity contribution is 7.98. The predicted molar refractivity (Wildman–Crippen MR) is 75.1 cm³/mol. The van der Waals surface area contributed by atoms with Crippen LogP contribution in [0, 0.1) is 0 Å². The van der Waals surface area contributed by atoms with E-state index < -0.39 is 5.97 Å². The maximum atomic E-state index is 10.7. The van der Waals surface area contributed by atoms with E-state index in [2.05, 4.69) is 4.98 Å². The van der Waals surface area contributed by atoms with Crippen molar-refractivity contribution in [3.63, 3.8) is 0 Å². The number of thiophene rings is 1. The minimum absolute atomic E-state index is 0.331. The Morgan fingerprint density at radius 2 is 2.22 bits per heavy atom. The van der Waals surface area contributed by atoms with Gasteiger partial charge in [0.1, 0.15) is 15.2 Å². The SMILES string of the molecule is O=C(O)c1cc(SCc2ccc(Cl)nc2Cl)cs1. The van der Waals surface area contributed by atoms with E-state index in [1.165, 1.54) is 23.1 Å². The van der Waals surface area contributed by atoms with Gasteiger partial charge in [0, 0.05) is 16.0 Å². The Morgan fingerprint density at radius 1 is 1.44 bits per heavy atom. The van der Waals surface area contributed by atoms with Gasteiger partial charge in [0.2, 0.25) is 0 Å². The molecular formula is C11H7Cl2NO2S2. The standard InChI is InChI=1S/C11H7Cl2NO2S2/c12-9-2-1-6(10(13)14-9)4-17-7-3-8(11(15)16)18-5-7/h1-3,5H,4H2,(H,15,16). The first-order chi connectivity index (χ1) is 8.56. The summed E-state index contributed by atoms with van der Waals surface area (Å²) in [5.74, 6) is -0.281. The normalized spacial score (nSPS) is 10.6. The smallest absolute Gasteiger partial charge is 0.345 e. The van der Waals surface area contributed by atoms with Crippen molar-refractivity contribution in [2.75, 3.05) is 0 Å². The Hall–Kier alpha value is -0.750. The Labute approximate surface area is 122 Å². The molecule has 0 fully saturated rings. The fourth-order valence-corrected chi connectivity index (χ4v) is 3.56. The number of pyridine rings is 1. The van der Waals surface area contributed by atoms with Crippen LogP contribution < -0.4 is 0 Å². The molecule has 2 heterocycles. The molecule has 18 heavy (non-hydrogen) atoms. The zero-order valence-corrected chi connectivity index (χ0v) is 12.0. The van der Waals surface area contributed by atoms with E-state index in [4.69, 9.17) is 28.3 Å². The van der Waals surface area contributed by atoms with Crippen molar-refractivity contribution >= 4 is 52.3 Å². The molecule has 0 saturated heterocycles. The zero-order chi connectivity index (χ0) is 13.1. The van der Waals surface area contributed by atoms with Crippen LogP contribution in [0.4, 0.5) is 0 Å². The third kappa shape index (κ3) is 3.38. The molecule has 0 aromatic carbocycles. The van der Waals surface area contributed by atoms with Gasteiger partial charge in [-0.3, -0.25) is 0 Å². The molecule has 0 atom stereocenters. The van der Waals surface area contributed by atoms with E-state index in [9.17, 15) is 4.79 Å². The first-order valence-corrected chi connectivity index (χ1v) is 7.44. The quantitative estimate of drug-likeness (QED) is 0.668. The largest absolute Gasteiger partial charge is 0.477 e. The van der Waals surface area contributed by atoms with E-state index in [1.54, 1.807) is 12.1 Å². The molecule has 0 aliphatic carbocycles. The summed E-state index contributed by atoms with van der Waals surface area (Å²) in [6.45, 7) is 0. The lowest BCUT2D eigenvalue weighted by atomic mass is 10.3. The summed E-state index contributed by atoms with van der Waals surface area (Å²) in [6, 6.07) is 5.14. The van der Waals surface area contributed by atoms with Gasteiger partial charge in [0.05, 0.1) is 0 Å². The summed E-state index contributed by atoms with van der Waals surface area (Å²) >= 11 is 14.4. The molecule has 0 radical (unpaired) electrons. The van der Waals surface area contributed by atoms with Crippen LogP contribution in [0.1, 0.15) is 15.2 Å². The summed E-state index contributed by atoms with van der Waals surface area (Å²) in [5, 5.41) is 11.4. The molecule has 0 unspecified atom stereocenters. The second kappa shape index (κ2) is 5.93. The van der Waals surface area contributed by atoms with Crippen LogP contribution in [0.5, 0.6) is 0 Å². The average molecular weight is 320 g/mol. The van der Waals surface area contributed by atoms with Gasteiger partial charge < -0.3 is 5.11 Å². The van der Waals surface area contributed by atoms with E-state index >= 15 is 0 Å². The van der Waals surface area contributed by atoms with Gasteiger partial charge in [-0.2, -0.15) is 0 Å². The summed E-state index contributed by atoms with van der Waals surface area (Å²) in [6.07, 6.45) is 0. The van der Waals surface area contributed by atoms with Crippen LogP contribution in [0.25, 0.3) is 0 Å². The van der Waals surface area contributed by atoms with Crippen molar-refractivity contribution in [2.45, 2.75) is 10.6 Å². The van der Waals surface area contributed by atoms with Crippen LogP contribution >= 0.6 is 46.3 Å². The fourth-order valence-electron chi connectivity index (χ4n) is 1.22. The van der Waals surface area contributed by atoms with Crippen LogP contribution in [-0.2, 0) is 5.75 Å². The maximum absolute atomic E-state index is 10.7. The number of aromatic carboxylic acids is 1. The molecule has 1 N–H and O–H groups in total. The molecule has 0 aliphatic heterocycles. The van der Waals surface area contributed by atoms with Crippen molar-refractivity contribution in [3.05, 3.63) is 44.3 Å². The number of carboxylic acid groups (broad SMARTS) is 1. The molecule has 94 valence electrons. The van der Waals surface area contributed by atoms with Gasteiger partial charge in [-0.25, -0.2) is 9.78 Å². The molecule has 0 spiro atoms. The van der Waals surface area contributed by atoms with Gasteiger partial charge in [-0.15, -0.1) is 23.1 Å². The highest BCUT2D eigenvalue weighted by Gasteiger charge is 2.08. The summed E-state index contributed by atoms with van der Waals surface area (Å²) in [7, 11) is 0. The molecule has 2 aromatic heterocycles.